The van der Waals surface area contributed by atoms with E-state index in [9.17, 15) is 4.79 Å². The van der Waals surface area contributed by atoms with Crippen molar-refractivity contribution in [1.82, 2.24) is 0 Å². The van der Waals surface area contributed by atoms with Crippen LogP contribution in [0.15, 0.2) is 24.3 Å². The molecule has 0 aromatic heterocycles. The predicted molar refractivity (Wildman–Crippen MR) is 62.7 cm³/mol. The Morgan fingerprint density at radius 1 is 1.33 bits per heavy atom. The molecule has 0 aliphatic carbocycles. The van der Waals surface area contributed by atoms with E-state index in [4.69, 9.17) is 5.73 Å². The van der Waals surface area contributed by atoms with Gasteiger partial charge in [-0.05, 0) is 44.4 Å². The first-order valence-electron chi connectivity index (χ1n) is 5.09. The van der Waals surface area contributed by atoms with E-state index in [0.717, 1.165) is 18.5 Å². The molecule has 0 aliphatic heterocycles. The van der Waals surface area contributed by atoms with Crippen LogP contribution in [0, 0.1) is 0 Å². The summed E-state index contributed by atoms with van der Waals surface area (Å²) in [5, 5.41) is 2.60. The number of hydrogen-bond acceptors (Lipinski definition) is 2. The Bertz CT molecular complexity index is 311. The number of amides is 1. The van der Waals surface area contributed by atoms with Crippen LogP contribution in [-0.2, 0) is 11.2 Å². The highest BCUT2D eigenvalue weighted by atomic mass is 16.1. The standard InChI is InChI=1S/C12H18N2O/c1-12(2,13)8-7-10-3-5-11(6-4-10)14-9-15/h3-6,9H,7-8,13H2,1-2H3,(H,14,15). The Labute approximate surface area is 90.7 Å². The lowest BCUT2D eigenvalue weighted by Crippen LogP contribution is -2.32. The molecule has 3 nitrogen and oxygen atoms in total. The molecule has 3 heteroatoms. The smallest absolute Gasteiger partial charge is 0.211 e. The van der Waals surface area contributed by atoms with Crippen LogP contribution < -0.4 is 11.1 Å². The molecule has 0 radical (unpaired) electrons. The largest absolute Gasteiger partial charge is 0.329 e. The molecule has 0 saturated carbocycles. The summed E-state index contributed by atoms with van der Waals surface area (Å²) >= 11 is 0. The molecule has 0 bridgehead atoms. The van der Waals surface area contributed by atoms with E-state index in [-0.39, 0.29) is 5.54 Å². The molecule has 1 rings (SSSR count). The van der Waals surface area contributed by atoms with Gasteiger partial charge in [-0.2, -0.15) is 0 Å². The molecule has 0 fully saturated rings. The third kappa shape index (κ3) is 4.61. The molecule has 0 heterocycles. The Kier molecular flexibility index (Phi) is 3.86. The van der Waals surface area contributed by atoms with Crippen LogP contribution in [0.25, 0.3) is 0 Å². The van der Waals surface area contributed by atoms with Crippen LogP contribution in [-0.4, -0.2) is 11.9 Å². The molecule has 1 amide bonds. The lowest BCUT2D eigenvalue weighted by Gasteiger charge is -2.17. The lowest BCUT2D eigenvalue weighted by atomic mass is 9.96. The maximum Gasteiger partial charge on any atom is 0.211 e. The Morgan fingerprint density at radius 3 is 2.40 bits per heavy atom. The number of nitrogens with one attached hydrogen (secondary N) is 1. The van der Waals surface area contributed by atoms with Gasteiger partial charge in [0.15, 0.2) is 0 Å². The molecule has 82 valence electrons. The normalized spacial score (nSPS) is 11.1. The number of hydrogen-bond donors (Lipinski definition) is 2. The fourth-order valence-electron chi connectivity index (χ4n) is 1.30. The second kappa shape index (κ2) is 4.94. The van der Waals surface area contributed by atoms with Crippen LogP contribution in [0.4, 0.5) is 5.69 Å². The second-order valence-electron chi connectivity index (χ2n) is 4.45. The van der Waals surface area contributed by atoms with Gasteiger partial charge >= 0.3 is 0 Å². The molecule has 0 unspecified atom stereocenters. The minimum Gasteiger partial charge on any atom is -0.329 e. The van der Waals surface area contributed by atoms with Gasteiger partial charge in [-0.25, -0.2) is 0 Å². The van der Waals surface area contributed by atoms with Crippen molar-refractivity contribution >= 4 is 12.1 Å². The average molecular weight is 206 g/mol. The third-order valence-corrected chi connectivity index (χ3v) is 2.24. The summed E-state index contributed by atoms with van der Waals surface area (Å²) in [6, 6.07) is 7.82. The Hall–Kier alpha value is -1.35. The number of anilines is 1. The van der Waals surface area contributed by atoms with Crippen molar-refractivity contribution < 1.29 is 4.79 Å². The van der Waals surface area contributed by atoms with Crippen molar-refractivity contribution in [3.05, 3.63) is 29.8 Å². The van der Waals surface area contributed by atoms with Crippen molar-refractivity contribution in [2.45, 2.75) is 32.2 Å². The number of benzene rings is 1. The minimum absolute atomic E-state index is 0.125. The van der Waals surface area contributed by atoms with Crippen LogP contribution in [0.3, 0.4) is 0 Å². The van der Waals surface area contributed by atoms with E-state index in [1.807, 2.05) is 38.1 Å². The first-order chi connectivity index (χ1) is 7.01. The highest BCUT2D eigenvalue weighted by molar-refractivity contribution is 5.70. The van der Waals surface area contributed by atoms with Gasteiger partial charge in [0.2, 0.25) is 6.41 Å². The molecule has 1 aromatic carbocycles. The van der Waals surface area contributed by atoms with Gasteiger partial charge in [-0.3, -0.25) is 4.79 Å². The number of rotatable bonds is 5. The van der Waals surface area contributed by atoms with Crippen molar-refractivity contribution in [2.75, 3.05) is 5.32 Å². The van der Waals surface area contributed by atoms with Crippen molar-refractivity contribution in [2.24, 2.45) is 5.73 Å². The van der Waals surface area contributed by atoms with Gasteiger partial charge < -0.3 is 11.1 Å². The summed E-state index contributed by atoms with van der Waals surface area (Å²) < 4.78 is 0. The van der Waals surface area contributed by atoms with Crippen molar-refractivity contribution in [3.63, 3.8) is 0 Å². The van der Waals surface area contributed by atoms with Gasteiger partial charge in [-0.1, -0.05) is 12.1 Å². The summed E-state index contributed by atoms with van der Waals surface area (Å²) in [5.41, 5.74) is 7.84. The fraction of sp³-hybridized carbons (Fsp3) is 0.417. The molecule has 0 aliphatic rings. The maximum absolute atomic E-state index is 10.2. The van der Waals surface area contributed by atoms with Gasteiger partial charge in [0, 0.05) is 11.2 Å². The zero-order valence-electron chi connectivity index (χ0n) is 9.29. The molecule has 0 spiro atoms. The van der Waals surface area contributed by atoms with E-state index in [1.165, 1.54) is 5.56 Å². The van der Waals surface area contributed by atoms with Gasteiger partial charge in [0.05, 0.1) is 0 Å². The lowest BCUT2D eigenvalue weighted by molar-refractivity contribution is -0.105. The van der Waals surface area contributed by atoms with Crippen LogP contribution >= 0.6 is 0 Å². The van der Waals surface area contributed by atoms with E-state index in [2.05, 4.69) is 5.32 Å². The Balaban J connectivity index is 2.53. The van der Waals surface area contributed by atoms with Gasteiger partial charge in [-0.15, -0.1) is 0 Å². The summed E-state index contributed by atoms with van der Waals surface area (Å²) in [7, 11) is 0. The zero-order valence-corrected chi connectivity index (χ0v) is 9.29. The summed E-state index contributed by atoms with van der Waals surface area (Å²) in [6.45, 7) is 4.05. The number of nitrogens with two attached hydrogens (primary N) is 1. The average Bonchev–Trinajstić information content (AvgIpc) is 2.16. The third-order valence-electron chi connectivity index (χ3n) is 2.24. The monoisotopic (exact) mass is 206 g/mol. The predicted octanol–water partition coefficient (Wildman–Crippen LogP) is 1.92. The quantitative estimate of drug-likeness (QED) is 0.723. The van der Waals surface area contributed by atoms with E-state index >= 15 is 0 Å². The van der Waals surface area contributed by atoms with E-state index in [0.29, 0.717) is 6.41 Å². The molecule has 3 N–H and O–H groups in total. The number of carbonyl (C=O) groups excluding carboxylic acids is 1. The minimum atomic E-state index is -0.125. The summed E-state index contributed by atoms with van der Waals surface area (Å²) in [6.07, 6.45) is 2.59. The highest BCUT2D eigenvalue weighted by Gasteiger charge is 2.09. The fourth-order valence-corrected chi connectivity index (χ4v) is 1.30. The summed E-state index contributed by atoms with van der Waals surface area (Å²) in [5.74, 6) is 0. The molecule has 1 aromatic rings. The Morgan fingerprint density at radius 2 is 1.93 bits per heavy atom. The molecule has 15 heavy (non-hydrogen) atoms. The van der Waals surface area contributed by atoms with Gasteiger partial charge in [0.25, 0.3) is 0 Å². The molecular formula is C12H18N2O. The van der Waals surface area contributed by atoms with Crippen molar-refractivity contribution in [3.8, 4) is 0 Å². The zero-order chi connectivity index (χ0) is 11.3. The van der Waals surface area contributed by atoms with Gasteiger partial charge in [0.1, 0.15) is 0 Å². The number of carbonyl (C=O) groups is 1. The highest BCUT2D eigenvalue weighted by Crippen LogP contribution is 2.13. The van der Waals surface area contributed by atoms with E-state index in [1.54, 1.807) is 0 Å². The molecular weight excluding hydrogens is 188 g/mol. The molecule has 0 saturated heterocycles. The van der Waals surface area contributed by atoms with Crippen LogP contribution in [0.1, 0.15) is 25.8 Å². The van der Waals surface area contributed by atoms with E-state index < -0.39 is 0 Å². The first-order valence-corrected chi connectivity index (χ1v) is 5.09. The first kappa shape index (κ1) is 11.7. The topological polar surface area (TPSA) is 55.1 Å². The van der Waals surface area contributed by atoms with Crippen LogP contribution in [0.5, 0.6) is 0 Å². The number of aryl methyl sites for hydroxylation is 1. The summed E-state index contributed by atoms with van der Waals surface area (Å²) in [4.78, 5) is 10.2. The second-order valence-corrected chi connectivity index (χ2v) is 4.45. The molecule has 0 atom stereocenters. The maximum atomic E-state index is 10.2. The SMILES string of the molecule is CC(C)(N)CCc1ccc(NC=O)cc1. The van der Waals surface area contributed by atoms with Crippen molar-refractivity contribution in [1.29, 1.82) is 0 Å². The van der Waals surface area contributed by atoms with Crippen LogP contribution in [0.2, 0.25) is 0 Å².